The molecule has 4 rings (SSSR count). The lowest BCUT2D eigenvalue weighted by atomic mass is 9.97. The zero-order valence-electron chi connectivity index (χ0n) is 17.2. The quantitative estimate of drug-likeness (QED) is 0.305. The Kier molecular flexibility index (Phi) is 6.13. The van der Waals surface area contributed by atoms with Crippen LogP contribution in [0, 0.1) is 0 Å². The molecule has 33 heavy (non-hydrogen) atoms. The molecule has 0 amide bonds. The second-order valence-corrected chi connectivity index (χ2v) is 7.23. The topological polar surface area (TPSA) is 58.9 Å². The van der Waals surface area contributed by atoms with Crippen LogP contribution in [0.25, 0.3) is 11.1 Å². The zero-order valence-corrected chi connectivity index (χ0v) is 17.2. The highest BCUT2D eigenvalue weighted by molar-refractivity contribution is 5.77. The van der Waals surface area contributed by atoms with Gasteiger partial charge in [-0.25, -0.2) is 0 Å². The van der Waals surface area contributed by atoms with Gasteiger partial charge in [0.05, 0.1) is 0 Å². The summed E-state index contributed by atoms with van der Waals surface area (Å²) in [7, 11) is 0. The third-order valence-electron chi connectivity index (χ3n) is 4.88. The average Bonchev–Trinajstić information content (AvgIpc) is 2.80. The number of rotatable bonds is 6. The molecular formula is C26H19F3O4. The number of phenols is 2. The van der Waals surface area contributed by atoms with Crippen molar-refractivity contribution in [3.05, 3.63) is 102 Å². The van der Waals surface area contributed by atoms with E-state index in [0.29, 0.717) is 18.1 Å². The van der Waals surface area contributed by atoms with E-state index in [4.69, 9.17) is 9.47 Å². The van der Waals surface area contributed by atoms with Crippen molar-refractivity contribution in [1.82, 2.24) is 0 Å². The molecule has 0 saturated heterocycles. The van der Waals surface area contributed by atoms with Crippen molar-refractivity contribution in [3.8, 4) is 39.9 Å². The number of alkyl halides is 3. The second kappa shape index (κ2) is 9.16. The summed E-state index contributed by atoms with van der Waals surface area (Å²) >= 11 is 0. The first-order chi connectivity index (χ1) is 15.8. The van der Waals surface area contributed by atoms with Crippen LogP contribution < -0.4 is 9.47 Å². The molecule has 0 aliphatic heterocycles. The number of benzene rings is 4. The number of ether oxygens (including phenoxy) is 2. The van der Waals surface area contributed by atoms with Crippen LogP contribution in [0.4, 0.5) is 13.2 Å². The lowest BCUT2D eigenvalue weighted by Crippen LogP contribution is -2.08. The fraction of sp³-hybridized carbons (Fsp3) is 0.0769. The minimum absolute atomic E-state index is 0.0519. The van der Waals surface area contributed by atoms with Gasteiger partial charge in [0.1, 0.15) is 40.9 Å². The fourth-order valence-corrected chi connectivity index (χ4v) is 3.36. The first-order valence-electron chi connectivity index (χ1n) is 9.98. The molecule has 0 bridgehead atoms. The number of phenolic OH excluding ortho intramolecular Hbond substituents is 2. The van der Waals surface area contributed by atoms with Crippen molar-refractivity contribution in [2.75, 3.05) is 0 Å². The van der Waals surface area contributed by atoms with Crippen molar-refractivity contribution in [3.63, 3.8) is 0 Å². The van der Waals surface area contributed by atoms with E-state index in [9.17, 15) is 23.4 Å². The summed E-state index contributed by atoms with van der Waals surface area (Å²) in [4.78, 5) is 0. The summed E-state index contributed by atoms with van der Waals surface area (Å²) in [6.45, 7) is 0.415. The van der Waals surface area contributed by atoms with Gasteiger partial charge in [-0.1, -0.05) is 42.5 Å². The van der Waals surface area contributed by atoms with Gasteiger partial charge in [0.15, 0.2) is 0 Å². The molecule has 0 fully saturated rings. The lowest BCUT2D eigenvalue weighted by Gasteiger charge is -2.16. The average molecular weight is 452 g/mol. The van der Waals surface area contributed by atoms with Gasteiger partial charge in [-0.15, -0.1) is 0 Å². The number of aromatic hydroxyl groups is 2. The minimum atomic E-state index is -4.86. The summed E-state index contributed by atoms with van der Waals surface area (Å²) in [5.74, 6) is -0.207. The van der Waals surface area contributed by atoms with Gasteiger partial charge in [-0.05, 0) is 59.7 Å². The van der Waals surface area contributed by atoms with Crippen LogP contribution in [0.3, 0.4) is 0 Å². The van der Waals surface area contributed by atoms with Crippen LogP contribution in [0.5, 0.6) is 28.7 Å². The number of halogens is 3. The molecule has 0 spiro atoms. The molecule has 168 valence electrons. The van der Waals surface area contributed by atoms with E-state index in [2.05, 4.69) is 0 Å². The molecule has 0 aliphatic rings. The van der Waals surface area contributed by atoms with Crippen molar-refractivity contribution >= 4 is 0 Å². The maximum absolute atomic E-state index is 13.5. The highest BCUT2D eigenvalue weighted by Crippen LogP contribution is 2.47. The maximum atomic E-state index is 13.5. The predicted octanol–water partition coefficient (Wildman–Crippen LogP) is 7.15. The van der Waals surface area contributed by atoms with E-state index in [-0.39, 0.29) is 11.3 Å². The summed E-state index contributed by atoms with van der Waals surface area (Å²) in [5.41, 5.74) is -0.740. The maximum Gasteiger partial charge on any atom is 0.420 e. The van der Waals surface area contributed by atoms with Gasteiger partial charge in [0.2, 0.25) is 0 Å². The monoisotopic (exact) mass is 452 g/mol. The summed E-state index contributed by atoms with van der Waals surface area (Å²) in [5, 5.41) is 19.9. The van der Waals surface area contributed by atoms with E-state index in [1.807, 2.05) is 30.3 Å². The van der Waals surface area contributed by atoms with Crippen LogP contribution in [-0.2, 0) is 12.8 Å². The molecule has 0 heterocycles. The molecule has 0 unspecified atom stereocenters. The van der Waals surface area contributed by atoms with Crippen molar-refractivity contribution in [1.29, 1.82) is 0 Å². The lowest BCUT2D eigenvalue weighted by molar-refractivity contribution is -0.138. The second-order valence-electron chi connectivity index (χ2n) is 7.23. The number of hydrogen-bond donors (Lipinski definition) is 2. The van der Waals surface area contributed by atoms with E-state index in [1.54, 1.807) is 30.3 Å². The van der Waals surface area contributed by atoms with Crippen LogP contribution in [0.2, 0.25) is 0 Å². The molecule has 7 heteroatoms. The van der Waals surface area contributed by atoms with E-state index < -0.39 is 28.8 Å². The highest BCUT2D eigenvalue weighted by Gasteiger charge is 2.38. The van der Waals surface area contributed by atoms with Crippen molar-refractivity contribution < 1.29 is 32.9 Å². The van der Waals surface area contributed by atoms with Gasteiger partial charge in [-0.3, -0.25) is 0 Å². The predicted molar refractivity (Wildman–Crippen MR) is 117 cm³/mol. The van der Waals surface area contributed by atoms with Crippen LogP contribution in [-0.4, -0.2) is 10.2 Å². The molecule has 0 aliphatic carbocycles. The Labute approximate surface area is 188 Å². The third kappa shape index (κ3) is 5.20. The van der Waals surface area contributed by atoms with Crippen LogP contribution >= 0.6 is 0 Å². The van der Waals surface area contributed by atoms with Crippen LogP contribution in [0.15, 0.2) is 91.0 Å². The Morgan fingerprint density at radius 3 is 2.03 bits per heavy atom. The Hall–Kier alpha value is -4.13. The first kappa shape index (κ1) is 22.1. The Balaban J connectivity index is 1.53. The molecule has 4 aromatic carbocycles. The molecule has 0 saturated carbocycles. The van der Waals surface area contributed by atoms with Gasteiger partial charge in [0.25, 0.3) is 0 Å². The molecule has 0 atom stereocenters. The van der Waals surface area contributed by atoms with E-state index >= 15 is 0 Å². The Morgan fingerprint density at radius 2 is 1.33 bits per heavy atom. The van der Waals surface area contributed by atoms with Crippen LogP contribution in [0.1, 0.15) is 11.1 Å². The molecular weight excluding hydrogens is 433 g/mol. The van der Waals surface area contributed by atoms with Gasteiger partial charge >= 0.3 is 6.18 Å². The van der Waals surface area contributed by atoms with Gasteiger partial charge < -0.3 is 19.7 Å². The minimum Gasteiger partial charge on any atom is -0.507 e. The van der Waals surface area contributed by atoms with Crippen molar-refractivity contribution in [2.24, 2.45) is 0 Å². The Bertz CT molecular complexity index is 1240. The van der Waals surface area contributed by atoms with E-state index in [1.165, 1.54) is 18.2 Å². The van der Waals surface area contributed by atoms with E-state index in [0.717, 1.165) is 17.7 Å². The fourth-order valence-electron chi connectivity index (χ4n) is 3.36. The van der Waals surface area contributed by atoms with Gasteiger partial charge in [0, 0.05) is 5.56 Å². The SMILES string of the molecule is Oc1ccc(O)c(C(F)(F)F)c1-c1cccc(Oc2ccc(OCc3ccccc3)cc2)c1. The Morgan fingerprint density at radius 1 is 0.667 bits per heavy atom. The molecule has 0 radical (unpaired) electrons. The molecule has 0 aromatic heterocycles. The summed E-state index contributed by atoms with van der Waals surface area (Å²) in [6.07, 6.45) is -4.86. The number of hydrogen-bond acceptors (Lipinski definition) is 4. The molecule has 4 nitrogen and oxygen atoms in total. The molecule has 2 N–H and O–H groups in total. The third-order valence-corrected chi connectivity index (χ3v) is 4.88. The van der Waals surface area contributed by atoms with Gasteiger partial charge in [-0.2, -0.15) is 13.2 Å². The first-order valence-corrected chi connectivity index (χ1v) is 9.98. The standard InChI is InChI=1S/C26H19F3O4/c27-26(28,29)25-23(31)14-13-22(30)24(25)18-7-4-8-21(15-18)33-20-11-9-19(10-12-20)32-16-17-5-2-1-3-6-17/h1-15,30-31H,16H2. The largest absolute Gasteiger partial charge is 0.507 e. The molecule has 4 aromatic rings. The summed E-state index contributed by atoms with van der Waals surface area (Å²) in [6, 6.07) is 24.2. The normalized spacial score (nSPS) is 11.2. The van der Waals surface area contributed by atoms with Crippen molar-refractivity contribution in [2.45, 2.75) is 12.8 Å². The smallest absolute Gasteiger partial charge is 0.420 e. The zero-order chi connectivity index (χ0) is 23.4. The summed E-state index contributed by atoms with van der Waals surface area (Å²) < 4.78 is 52.1. The highest BCUT2D eigenvalue weighted by atomic mass is 19.4.